The first-order chi connectivity index (χ1) is 9.79. The molecule has 1 aromatic rings. The number of rotatable bonds is 7. The van der Waals surface area contributed by atoms with E-state index in [1.54, 1.807) is 0 Å². The Balaban J connectivity index is 2.70. The summed E-state index contributed by atoms with van der Waals surface area (Å²) in [4.78, 5) is 24.6. The van der Waals surface area contributed by atoms with Gasteiger partial charge in [0, 0.05) is 17.4 Å². The van der Waals surface area contributed by atoms with E-state index in [9.17, 15) is 9.59 Å². The number of hydrogen-bond acceptors (Lipinski definition) is 2. The van der Waals surface area contributed by atoms with Gasteiger partial charge >= 0.3 is 5.97 Å². The van der Waals surface area contributed by atoms with Crippen molar-refractivity contribution in [1.29, 1.82) is 0 Å². The van der Waals surface area contributed by atoms with Gasteiger partial charge in [-0.2, -0.15) is 0 Å². The molecular weight excluding hydrogens is 334 g/mol. The first-order valence-electron chi connectivity index (χ1n) is 7.04. The minimum atomic E-state index is -0.972. The van der Waals surface area contributed by atoms with Gasteiger partial charge in [0.1, 0.15) is 6.54 Å². The fourth-order valence-corrected chi connectivity index (χ4v) is 2.42. The van der Waals surface area contributed by atoms with Crippen molar-refractivity contribution in [2.45, 2.75) is 33.1 Å². The second-order valence-electron chi connectivity index (χ2n) is 5.72. The Bertz CT molecular complexity index is 485. The van der Waals surface area contributed by atoms with Gasteiger partial charge in [-0.25, -0.2) is 0 Å². The van der Waals surface area contributed by atoms with Crippen molar-refractivity contribution >= 4 is 27.8 Å². The number of carboxylic acid groups (broad SMARTS) is 1. The van der Waals surface area contributed by atoms with Gasteiger partial charge in [0.2, 0.25) is 5.91 Å². The fourth-order valence-electron chi connectivity index (χ4n) is 2.16. The zero-order valence-electron chi connectivity index (χ0n) is 12.7. The Morgan fingerprint density at radius 1 is 1.19 bits per heavy atom. The highest BCUT2D eigenvalue weighted by Gasteiger charge is 2.20. The van der Waals surface area contributed by atoms with E-state index in [0.29, 0.717) is 13.0 Å². The number of aliphatic carboxylic acids is 1. The molecule has 1 N–H and O–H groups in total. The van der Waals surface area contributed by atoms with Crippen LogP contribution in [-0.4, -0.2) is 35.0 Å². The third-order valence-corrected chi connectivity index (χ3v) is 3.71. The number of carboxylic acids is 1. The lowest BCUT2D eigenvalue weighted by Crippen LogP contribution is -2.38. The molecule has 0 aliphatic heterocycles. The molecule has 0 heterocycles. The summed E-state index contributed by atoms with van der Waals surface area (Å²) in [5.41, 5.74) is 1.08. The average molecular weight is 356 g/mol. The number of carbonyl (C=O) groups excluding carboxylic acids is 1. The van der Waals surface area contributed by atoms with E-state index >= 15 is 0 Å². The minimum absolute atomic E-state index is 0.0639. The molecule has 1 rings (SSSR count). The van der Waals surface area contributed by atoms with Crippen molar-refractivity contribution < 1.29 is 14.7 Å². The maximum atomic E-state index is 12.3. The molecule has 0 radical (unpaired) electrons. The van der Waals surface area contributed by atoms with Gasteiger partial charge in [0.15, 0.2) is 0 Å². The van der Waals surface area contributed by atoms with E-state index in [0.717, 1.165) is 10.0 Å². The predicted molar refractivity (Wildman–Crippen MR) is 86.2 cm³/mol. The highest BCUT2D eigenvalue weighted by molar-refractivity contribution is 9.10. The van der Waals surface area contributed by atoms with Crippen LogP contribution in [-0.2, 0) is 9.59 Å². The molecule has 116 valence electrons. The number of carbonyl (C=O) groups is 2. The van der Waals surface area contributed by atoms with E-state index in [-0.39, 0.29) is 24.3 Å². The van der Waals surface area contributed by atoms with Crippen molar-refractivity contribution in [3.63, 3.8) is 0 Å². The topological polar surface area (TPSA) is 57.6 Å². The van der Waals surface area contributed by atoms with Crippen molar-refractivity contribution in [1.82, 2.24) is 4.90 Å². The van der Waals surface area contributed by atoms with Crippen LogP contribution in [0.15, 0.2) is 28.7 Å². The third kappa shape index (κ3) is 6.29. The van der Waals surface area contributed by atoms with E-state index in [2.05, 4.69) is 15.9 Å². The first kappa shape index (κ1) is 17.7. The lowest BCUT2D eigenvalue weighted by Gasteiger charge is -2.24. The molecule has 5 heteroatoms. The Labute approximate surface area is 134 Å². The summed E-state index contributed by atoms with van der Waals surface area (Å²) < 4.78 is 0.997. The van der Waals surface area contributed by atoms with E-state index in [1.807, 2.05) is 45.0 Å². The molecule has 0 saturated heterocycles. The van der Waals surface area contributed by atoms with Crippen LogP contribution in [0.2, 0.25) is 0 Å². The molecule has 1 amide bonds. The second-order valence-corrected chi connectivity index (χ2v) is 6.63. The van der Waals surface area contributed by atoms with Crippen LogP contribution >= 0.6 is 15.9 Å². The third-order valence-electron chi connectivity index (χ3n) is 3.18. The number of nitrogens with zero attached hydrogens (tertiary/aromatic N) is 1. The van der Waals surface area contributed by atoms with Gasteiger partial charge in [-0.3, -0.25) is 9.59 Å². The van der Waals surface area contributed by atoms with Crippen LogP contribution in [0.1, 0.15) is 38.7 Å². The lowest BCUT2D eigenvalue weighted by molar-refractivity contribution is -0.145. The van der Waals surface area contributed by atoms with Gasteiger partial charge < -0.3 is 10.0 Å². The smallest absolute Gasteiger partial charge is 0.323 e. The molecule has 21 heavy (non-hydrogen) atoms. The molecule has 1 atom stereocenters. The van der Waals surface area contributed by atoms with Crippen LogP contribution in [0, 0.1) is 5.92 Å². The highest BCUT2D eigenvalue weighted by atomic mass is 79.9. The SMILES string of the molecule is CC(C)CN(CC(=O)O)C(=O)CC(C)c1ccc(Br)cc1. The quantitative estimate of drug-likeness (QED) is 0.813. The Morgan fingerprint density at radius 3 is 2.24 bits per heavy atom. The van der Waals surface area contributed by atoms with Crippen LogP contribution in [0.3, 0.4) is 0 Å². The maximum Gasteiger partial charge on any atom is 0.323 e. The van der Waals surface area contributed by atoms with Gasteiger partial charge in [-0.1, -0.05) is 48.8 Å². The summed E-state index contributed by atoms with van der Waals surface area (Å²) in [5.74, 6) is -0.771. The predicted octanol–water partition coefficient (Wildman–Crippen LogP) is 3.51. The van der Waals surface area contributed by atoms with E-state index in [4.69, 9.17) is 5.11 Å². The largest absolute Gasteiger partial charge is 0.480 e. The summed E-state index contributed by atoms with van der Waals surface area (Å²) >= 11 is 3.38. The standard InChI is InChI=1S/C16H22BrNO3/c1-11(2)9-18(10-16(20)21)15(19)8-12(3)13-4-6-14(17)7-5-13/h4-7,11-12H,8-10H2,1-3H3,(H,20,21). The van der Waals surface area contributed by atoms with Gasteiger partial charge in [-0.05, 0) is 29.5 Å². The molecule has 1 unspecified atom stereocenters. The maximum absolute atomic E-state index is 12.3. The highest BCUT2D eigenvalue weighted by Crippen LogP contribution is 2.22. The van der Waals surface area contributed by atoms with Gasteiger partial charge in [0.25, 0.3) is 0 Å². The van der Waals surface area contributed by atoms with E-state index < -0.39 is 5.97 Å². The summed E-state index contributed by atoms with van der Waals surface area (Å²) in [7, 11) is 0. The molecule has 1 aromatic carbocycles. The normalized spacial score (nSPS) is 12.2. The Kier molecular flexibility index (Phi) is 6.89. The number of benzene rings is 1. The zero-order chi connectivity index (χ0) is 16.0. The molecule has 0 spiro atoms. The lowest BCUT2D eigenvalue weighted by atomic mass is 9.97. The molecule has 0 saturated carbocycles. The average Bonchev–Trinajstić information content (AvgIpc) is 2.37. The number of hydrogen-bond donors (Lipinski definition) is 1. The van der Waals surface area contributed by atoms with Crippen molar-refractivity contribution in [2.24, 2.45) is 5.92 Å². The minimum Gasteiger partial charge on any atom is -0.480 e. The monoisotopic (exact) mass is 355 g/mol. The summed E-state index contributed by atoms with van der Waals surface area (Å²) in [5, 5.41) is 8.93. The number of halogens is 1. The van der Waals surface area contributed by atoms with Crippen LogP contribution < -0.4 is 0 Å². The molecule has 0 aromatic heterocycles. The van der Waals surface area contributed by atoms with Crippen molar-refractivity contribution in [3.8, 4) is 0 Å². The van der Waals surface area contributed by atoms with Crippen LogP contribution in [0.25, 0.3) is 0 Å². The Morgan fingerprint density at radius 2 is 1.76 bits per heavy atom. The molecule has 4 nitrogen and oxygen atoms in total. The Hall–Kier alpha value is -1.36. The fraction of sp³-hybridized carbons (Fsp3) is 0.500. The van der Waals surface area contributed by atoms with Gasteiger partial charge in [-0.15, -0.1) is 0 Å². The molecule has 0 fully saturated rings. The molecular formula is C16H22BrNO3. The van der Waals surface area contributed by atoms with Crippen molar-refractivity contribution in [3.05, 3.63) is 34.3 Å². The van der Waals surface area contributed by atoms with Crippen LogP contribution in [0.5, 0.6) is 0 Å². The first-order valence-corrected chi connectivity index (χ1v) is 7.84. The second kappa shape index (κ2) is 8.17. The molecule has 0 bridgehead atoms. The molecule has 0 aliphatic rings. The zero-order valence-corrected chi connectivity index (χ0v) is 14.3. The summed E-state index contributed by atoms with van der Waals surface area (Å²) in [6.07, 6.45) is 0.321. The molecule has 0 aliphatic carbocycles. The van der Waals surface area contributed by atoms with Crippen LogP contribution in [0.4, 0.5) is 0 Å². The van der Waals surface area contributed by atoms with E-state index in [1.165, 1.54) is 4.90 Å². The van der Waals surface area contributed by atoms with Crippen molar-refractivity contribution in [2.75, 3.05) is 13.1 Å². The summed E-state index contributed by atoms with van der Waals surface area (Å²) in [6, 6.07) is 7.84. The number of amides is 1. The summed E-state index contributed by atoms with van der Waals surface area (Å²) in [6.45, 7) is 6.16. The van der Waals surface area contributed by atoms with Gasteiger partial charge in [0.05, 0.1) is 0 Å².